The van der Waals surface area contributed by atoms with Gasteiger partial charge in [-0.25, -0.2) is 4.79 Å². The molecule has 3 N–H and O–H groups in total. The number of furan rings is 1. The zero-order valence-corrected chi connectivity index (χ0v) is 13.7. The predicted octanol–water partition coefficient (Wildman–Crippen LogP) is 3.54. The van der Waals surface area contributed by atoms with E-state index in [0.29, 0.717) is 11.7 Å². The highest BCUT2D eigenvalue weighted by atomic mass is 16.4. The van der Waals surface area contributed by atoms with Gasteiger partial charge in [-0.2, -0.15) is 0 Å². The Morgan fingerprint density at radius 2 is 2.00 bits per heavy atom. The smallest absolute Gasteiger partial charge is 0.315 e. The van der Waals surface area contributed by atoms with E-state index in [2.05, 4.69) is 10.6 Å². The number of aliphatic hydroxyl groups excluding tert-OH is 1. The fourth-order valence-corrected chi connectivity index (χ4v) is 3.01. The summed E-state index contributed by atoms with van der Waals surface area (Å²) in [6, 6.07) is 13.2. The minimum atomic E-state index is -0.840. The average Bonchev–Trinajstić information content (AvgIpc) is 3.10. The van der Waals surface area contributed by atoms with E-state index in [4.69, 9.17) is 4.42 Å². The van der Waals surface area contributed by atoms with Gasteiger partial charge in [-0.3, -0.25) is 0 Å². The lowest BCUT2D eigenvalue weighted by atomic mass is 9.79. The first kappa shape index (κ1) is 16.6. The Balaban J connectivity index is 1.54. The normalized spacial score (nSPS) is 16.9. The molecule has 0 radical (unpaired) electrons. The second-order valence-corrected chi connectivity index (χ2v) is 6.38. The average molecular weight is 328 g/mol. The molecule has 0 bridgehead atoms. The van der Waals surface area contributed by atoms with E-state index in [-0.39, 0.29) is 18.6 Å². The molecule has 0 spiro atoms. The second-order valence-electron chi connectivity index (χ2n) is 6.38. The van der Waals surface area contributed by atoms with Gasteiger partial charge in [0, 0.05) is 0 Å². The number of urea groups is 1. The largest absolute Gasteiger partial charge is 0.467 e. The minimum absolute atomic E-state index is 0.00254. The van der Waals surface area contributed by atoms with Gasteiger partial charge >= 0.3 is 6.03 Å². The van der Waals surface area contributed by atoms with E-state index in [1.807, 2.05) is 30.3 Å². The molecule has 3 rings (SSSR count). The van der Waals surface area contributed by atoms with Crippen molar-refractivity contribution >= 4 is 6.03 Å². The fraction of sp³-hybridized carbons (Fsp3) is 0.421. The van der Waals surface area contributed by atoms with Crippen LogP contribution >= 0.6 is 0 Å². The Morgan fingerprint density at radius 1 is 1.21 bits per heavy atom. The van der Waals surface area contributed by atoms with Crippen LogP contribution < -0.4 is 10.6 Å². The van der Waals surface area contributed by atoms with Crippen molar-refractivity contribution in [3.05, 3.63) is 60.1 Å². The highest BCUT2D eigenvalue weighted by molar-refractivity contribution is 5.74. The molecule has 2 amide bonds. The Morgan fingerprint density at radius 3 is 2.62 bits per heavy atom. The number of nitrogens with one attached hydrogen (secondary N) is 2. The molecule has 5 heteroatoms. The number of benzene rings is 1. The first-order valence-corrected chi connectivity index (χ1v) is 8.53. The summed E-state index contributed by atoms with van der Waals surface area (Å²) in [5.41, 5.74) is 1.12. The first-order chi connectivity index (χ1) is 11.7. The van der Waals surface area contributed by atoms with Crippen molar-refractivity contribution in [3.63, 3.8) is 0 Å². The van der Waals surface area contributed by atoms with E-state index in [0.717, 1.165) is 12.0 Å². The Hall–Kier alpha value is -2.27. The number of carbonyl (C=O) groups excluding carboxylic acids is 1. The summed E-state index contributed by atoms with van der Waals surface area (Å²) in [6.07, 6.45) is 5.38. The third-order valence-electron chi connectivity index (χ3n) is 4.63. The molecule has 1 saturated carbocycles. The van der Waals surface area contributed by atoms with Crippen LogP contribution in [0.1, 0.15) is 49.2 Å². The number of carbonyl (C=O) groups is 1. The van der Waals surface area contributed by atoms with Crippen molar-refractivity contribution in [2.75, 3.05) is 6.54 Å². The van der Waals surface area contributed by atoms with Crippen LogP contribution in [-0.4, -0.2) is 17.7 Å². The van der Waals surface area contributed by atoms with Crippen LogP contribution in [0.25, 0.3) is 0 Å². The highest BCUT2D eigenvalue weighted by Crippen LogP contribution is 2.34. The van der Waals surface area contributed by atoms with E-state index < -0.39 is 6.10 Å². The molecule has 24 heavy (non-hydrogen) atoms. The number of aliphatic hydroxyl groups is 1. The number of hydrogen-bond acceptors (Lipinski definition) is 3. The van der Waals surface area contributed by atoms with Gasteiger partial charge in [0.2, 0.25) is 0 Å². The standard InChI is InChI=1S/C19H24N2O3/c22-17(18-10-5-11-24-18)13-20-19(23)21-16(12-14-6-4-7-14)15-8-2-1-3-9-15/h1-3,5,8-11,14,16-17,22H,4,6-7,12-13H2,(H2,20,21,23). The van der Waals surface area contributed by atoms with E-state index >= 15 is 0 Å². The van der Waals surface area contributed by atoms with Crippen LogP contribution in [0.15, 0.2) is 53.1 Å². The lowest BCUT2D eigenvalue weighted by Crippen LogP contribution is -2.40. The zero-order chi connectivity index (χ0) is 16.8. The summed E-state index contributed by atoms with van der Waals surface area (Å²) in [5.74, 6) is 1.13. The molecule has 1 aliphatic carbocycles. The molecular weight excluding hydrogens is 304 g/mol. The maximum Gasteiger partial charge on any atom is 0.315 e. The van der Waals surface area contributed by atoms with Gasteiger partial charge < -0.3 is 20.2 Å². The molecule has 2 atom stereocenters. The molecule has 1 aromatic heterocycles. The molecule has 1 aliphatic rings. The van der Waals surface area contributed by atoms with Crippen molar-refractivity contribution in [1.82, 2.24) is 10.6 Å². The number of hydrogen-bond donors (Lipinski definition) is 3. The van der Waals surface area contributed by atoms with Gasteiger partial charge in [-0.05, 0) is 30.0 Å². The Bertz CT molecular complexity index is 623. The molecule has 1 fully saturated rings. The van der Waals surface area contributed by atoms with Crippen molar-refractivity contribution in [1.29, 1.82) is 0 Å². The van der Waals surface area contributed by atoms with Crippen LogP contribution in [0.5, 0.6) is 0 Å². The van der Waals surface area contributed by atoms with Crippen LogP contribution in [0.3, 0.4) is 0 Å². The molecule has 5 nitrogen and oxygen atoms in total. The summed E-state index contributed by atoms with van der Waals surface area (Å²) in [7, 11) is 0. The second kappa shape index (κ2) is 8.02. The van der Waals surface area contributed by atoms with Gasteiger partial charge in [0.15, 0.2) is 0 Å². The van der Waals surface area contributed by atoms with Crippen LogP contribution in [-0.2, 0) is 0 Å². The quantitative estimate of drug-likeness (QED) is 0.728. The van der Waals surface area contributed by atoms with Crippen molar-refractivity contribution in [3.8, 4) is 0 Å². The van der Waals surface area contributed by atoms with Crippen LogP contribution in [0.2, 0.25) is 0 Å². The molecule has 2 unspecified atom stereocenters. The molecule has 2 aromatic rings. The molecule has 1 aromatic carbocycles. The fourth-order valence-electron chi connectivity index (χ4n) is 3.01. The van der Waals surface area contributed by atoms with Gasteiger partial charge in [0.25, 0.3) is 0 Å². The Kier molecular flexibility index (Phi) is 5.54. The SMILES string of the molecule is O=C(NCC(O)c1ccco1)NC(CC1CCC1)c1ccccc1. The summed E-state index contributed by atoms with van der Waals surface area (Å²) >= 11 is 0. The highest BCUT2D eigenvalue weighted by Gasteiger charge is 2.24. The molecular formula is C19H24N2O3. The lowest BCUT2D eigenvalue weighted by Gasteiger charge is -2.30. The molecule has 0 aliphatic heterocycles. The van der Waals surface area contributed by atoms with Crippen molar-refractivity contribution in [2.45, 2.75) is 37.8 Å². The van der Waals surface area contributed by atoms with E-state index in [1.54, 1.807) is 12.1 Å². The predicted molar refractivity (Wildman–Crippen MR) is 91.3 cm³/mol. The third kappa shape index (κ3) is 4.38. The van der Waals surface area contributed by atoms with Crippen LogP contribution in [0, 0.1) is 5.92 Å². The maximum absolute atomic E-state index is 12.2. The third-order valence-corrected chi connectivity index (χ3v) is 4.63. The van der Waals surface area contributed by atoms with Gasteiger partial charge in [-0.15, -0.1) is 0 Å². The van der Waals surface area contributed by atoms with Gasteiger partial charge in [0.1, 0.15) is 11.9 Å². The summed E-state index contributed by atoms with van der Waals surface area (Å²) in [6.45, 7) is 0.115. The Labute approximate surface area is 142 Å². The van der Waals surface area contributed by atoms with Crippen molar-refractivity contribution in [2.24, 2.45) is 5.92 Å². The molecule has 0 saturated heterocycles. The first-order valence-electron chi connectivity index (χ1n) is 8.53. The van der Waals surface area contributed by atoms with Crippen LogP contribution in [0.4, 0.5) is 4.79 Å². The van der Waals surface area contributed by atoms with Crippen molar-refractivity contribution < 1.29 is 14.3 Å². The monoisotopic (exact) mass is 328 g/mol. The van der Waals surface area contributed by atoms with Gasteiger partial charge in [0.05, 0.1) is 18.8 Å². The topological polar surface area (TPSA) is 74.5 Å². The number of rotatable bonds is 7. The minimum Gasteiger partial charge on any atom is -0.467 e. The van der Waals surface area contributed by atoms with E-state index in [9.17, 15) is 9.90 Å². The summed E-state index contributed by atoms with van der Waals surface area (Å²) in [4.78, 5) is 12.2. The van der Waals surface area contributed by atoms with Gasteiger partial charge in [-0.1, -0.05) is 49.6 Å². The van der Waals surface area contributed by atoms with E-state index in [1.165, 1.54) is 25.5 Å². The number of amides is 2. The zero-order valence-electron chi connectivity index (χ0n) is 13.7. The molecule has 128 valence electrons. The lowest BCUT2D eigenvalue weighted by molar-refractivity contribution is 0.147. The summed E-state index contributed by atoms with van der Waals surface area (Å²) in [5, 5.41) is 15.7. The maximum atomic E-state index is 12.2. The molecule has 1 heterocycles. The summed E-state index contributed by atoms with van der Waals surface area (Å²) < 4.78 is 5.13.